The zero-order valence-electron chi connectivity index (χ0n) is 15.2. The van der Waals surface area contributed by atoms with E-state index >= 15 is 0 Å². The third-order valence-electron chi connectivity index (χ3n) is 4.13. The molecular weight excluding hydrogens is 422 g/mol. The monoisotopic (exact) mass is 435 g/mol. The van der Waals surface area contributed by atoms with Crippen LogP contribution in [0.1, 0.15) is 23.0 Å². The van der Waals surface area contributed by atoms with Crippen LogP contribution in [-0.4, -0.2) is 46.2 Å². The van der Waals surface area contributed by atoms with Crippen molar-refractivity contribution >= 4 is 52.5 Å². The predicted octanol–water partition coefficient (Wildman–Crippen LogP) is 3.90. The third-order valence-corrected chi connectivity index (χ3v) is 5.35. The topological polar surface area (TPSA) is 114 Å². The van der Waals surface area contributed by atoms with Crippen LogP contribution in [0.15, 0.2) is 39.7 Å². The maximum atomic E-state index is 12.5. The van der Waals surface area contributed by atoms with Crippen LogP contribution in [0.4, 0.5) is 4.79 Å². The first-order chi connectivity index (χ1) is 13.7. The van der Waals surface area contributed by atoms with Crippen molar-refractivity contribution in [3.05, 3.63) is 51.6 Å². The Morgan fingerprint density at radius 3 is 2.66 bits per heavy atom. The number of aromatic carboxylic acids is 1. The quantitative estimate of drug-likeness (QED) is 0.555. The number of esters is 1. The molecule has 1 aliphatic heterocycles. The van der Waals surface area contributed by atoms with E-state index in [1.165, 1.54) is 32.2 Å². The van der Waals surface area contributed by atoms with Gasteiger partial charge in [-0.05, 0) is 49.0 Å². The first-order valence-corrected chi connectivity index (χ1v) is 9.40. The van der Waals surface area contributed by atoms with E-state index in [1.807, 2.05) is 0 Å². The Hall–Kier alpha value is -3.04. The second-order valence-corrected chi connectivity index (χ2v) is 7.35. The van der Waals surface area contributed by atoms with Crippen molar-refractivity contribution in [2.24, 2.45) is 0 Å². The summed E-state index contributed by atoms with van der Waals surface area (Å²) in [5, 5.41) is 8.69. The van der Waals surface area contributed by atoms with Crippen molar-refractivity contribution in [1.29, 1.82) is 0 Å². The lowest BCUT2D eigenvalue weighted by atomic mass is 10.1. The number of furan rings is 1. The highest BCUT2D eigenvalue weighted by atomic mass is 35.5. The molecule has 1 fully saturated rings. The largest absolute Gasteiger partial charge is 0.478 e. The average Bonchev–Trinajstić information content (AvgIpc) is 3.25. The lowest BCUT2D eigenvalue weighted by Crippen LogP contribution is -2.42. The van der Waals surface area contributed by atoms with Gasteiger partial charge in [0.1, 0.15) is 17.6 Å². The summed E-state index contributed by atoms with van der Waals surface area (Å²) in [6.07, 6.45) is 1.38. The zero-order chi connectivity index (χ0) is 21.3. The van der Waals surface area contributed by atoms with Gasteiger partial charge in [-0.2, -0.15) is 0 Å². The van der Waals surface area contributed by atoms with Crippen molar-refractivity contribution in [3.8, 4) is 11.3 Å². The van der Waals surface area contributed by atoms with Crippen molar-refractivity contribution < 1.29 is 33.4 Å². The van der Waals surface area contributed by atoms with Crippen LogP contribution in [0.5, 0.6) is 0 Å². The fourth-order valence-electron chi connectivity index (χ4n) is 2.65. The average molecular weight is 436 g/mol. The zero-order valence-corrected chi connectivity index (χ0v) is 16.7. The van der Waals surface area contributed by atoms with Crippen LogP contribution in [-0.2, 0) is 14.3 Å². The van der Waals surface area contributed by atoms with Crippen LogP contribution in [0.25, 0.3) is 17.4 Å². The Morgan fingerprint density at radius 2 is 2.00 bits per heavy atom. The standard InChI is InChI=1S/C19H14ClNO7S/c1-9(18(25)27-2)21-16(22)15(29-19(21)26)8-11-4-6-14(28-11)10-3-5-13(20)12(7-10)17(23)24/h3-9H,1-2H3,(H,23,24)/b15-8-/t9-/m1/s1. The molecular formula is C19H14ClNO7S. The van der Waals surface area contributed by atoms with E-state index in [0.29, 0.717) is 23.1 Å². The van der Waals surface area contributed by atoms with Crippen LogP contribution in [0.3, 0.4) is 0 Å². The first kappa shape index (κ1) is 20.7. The summed E-state index contributed by atoms with van der Waals surface area (Å²) in [5.41, 5.74) is 0.416. The van der Waals surface area contributed by atoms with E-state index < -0.39 is 29.1 Å². The number of hydrogen-bond acceptors (Lipinski definition) is 7. The Bertz CT molecular complexity index is 1060. The fourth-order valence-corrected chi connectivity index (χ4v) is 3.73. The number of carbonyl (C=O) groups is 4. The number of methoxy groups -OCH3 is 1. The molecule has 1 atom stereocenters. The van der Waals surface area contributed by atoms with Gasteiger partial charge >= 0.3 is 11.9 Å². The molecule has 0 radical (unpaired) electrons. The second kappa shape index (κ2) is 8.14. The lowest BCUT2D eigenvalue weighted by Gasteiger charge is -2.18. The summed E-state index contributed by atoms with van der Waals surface area (Å²) in [4.78, 5) is 48.4. The SMILES string of the molecule is COC(=O)[C@@H](C)N1C(=O)S/C(=C\c2ccc(-c3ccc(Cl)c(C(=O)O)c3)o2)C1=O. The van der Waals surface area contributed by atoms with Crippen molar-refractivity contribution in [2.45, 2.75) is 13.0 Å². The molecule has 10 heteroatoms. The molecule has 29 heavy (non-hydrogen) atoms. The van der Waals surface area contributed by atoms with Gasteiger partial charge in [0.15, 0.2) is 0 Å². The molecule has 0 unspecified atom stereocenters. The summed E-state index contributed by atoms with van der Waals surface area (Å²) in [6.45, 7) is 1.40. The number of nitrogens with zero attached hydrogens (tertiary/aromatic N) is 1. The van der Waals surface area contributed by atoms with E-state index in [0.717, 1.165) is 4.90 Å². The molecule has 0 aliphatic carbocycles. The molecule has 1 aromatic heterocycles. The highest BCUT2D eigenvalue weighted by Gasteiger charge is 2.41. The number of thioether (sulfide) groups is 1. The third kappa shape index (κ3) is 4.06. The van der Waals surface area contributed by atoms with Gasteiger partial charge in [-0.25, -0.2) is 9.59 Å². The van der Waals surface area contributed by atoms with E-state index in [2.05, 4.69) is 4.74 Å². The number of imide groups is 1. The minimum absolute atomic E-state index is 0.0694. The summed E-state index contributed by atoms with van der Waals surface area (Å²) in [7, 11) is 1.17. The molecule has 1 aliphatic rings. The molecule has 8 nitrogen and oxygen atoms in total. The molecule has 1 N–H and O–H groups in total. The molecule has 3 rings (SSSR count). The van der Waals surface area contributed by atoms with Crippen molar-refractivity contribution in [3.63, 3.8) is 0 Å². The number of carbonyl (C=O) groups excluding carboxylic acids is 3. The van der Waals surface area contributed by atoms with Gasteiger partial charge < -0.3 is 14.3 Å². The molecule has 2 amide bonds. The highest BCUT2D eigenvalue weighted by molar-refractivity contribution is 8.18. The molecule has 0 bridgehead atoms. The molecule has 150 valence electrons. The minimum atomic E-state index is -1.17. The van der Waals surface area contributed by atoms with Crippen molar-refractivity contribution in [2.75, 3.05) is 7.11 Å². The molecule has 1 saturated heterocycles. The minimum Gasteiger partial charge on any atom is -0.478 e. The maximum absolute atomic E-state index is 12.5. The summed E-state index contributed by atoms with van der Waals surface area (Å²) < 4.78 is 10.2. The number of ether oxygens (including phenoxy) is 1. The van der Waals surface area contributed by atoms with Gasteiger partial charge in [-0.1, -0.05) is 11.6 Å². The van der Waals surface area contributed by atoms with E-state index in [4.69, 9.17) is 16.0 Å². The van der Waals surface area contributed by atoms with Gasteiger partial charge in [0, 0.05) is 11.6 Å². The lowest BCUT2D eigenvalue weighted by molar-refractivity contribution is -0.148. The van der Waals surface area contributed by atoms with E-state index in [1.54, 1.807) is 18.2 Å². The number of halogens is 1. The Labute approximate surface area is 174 Å². The second-order valence-electron chi connectivity index (χ2n) is 5.95. The van der Waals surface area contributed by atoms with Crippen molar-refractivity contribution in [1.82, 2.24) is 4.90 Å². The number of rotatable bonds is 5. The van der Waals surface area contributed by atoms with E-state index in [-0.39, 0.29) is 21.3 Å². The number of amides is 2. The first-order valence-electron chi connectivity index (χ1n) is 8.21. The Morgan fingerprint density at radius 1 is 1.28 bits per heavy atom. The summed E-state index contributed by atoms with van der Waals surface area (Å²) in [5.74, 6) is -1.86. The van der Waals surface area contributed by atoms with Crippen LogP contribution >= 0.6 is 23.4 Å². The van der Waals surface area contributed by atoms with Gasteiger partial charge in [-0.15, -0.1) is 0 Å². The fraction of sp³-hybridized carbons (Fsp3) is 0.158. The predicted molar refractivity (Wildman–Crippen MR) is 105 cm³/mol. The van der Waals surface area contributed by atoms with Gasteiger partial charge in [0.25, 0.3) is 11.1 Å². The summed E-state index contributed by atoms with van der Waals surface area (Å²) in [6, 6.07) is 6.54. The molecule has 1 aromatic carbocycles. The van der Waals surface area contributed by atoms with Crippen LogP contribution in [0, 0.1) is 0 Å². The van der Waals surface area contributed by atoms with Gasteiger partial charge in [0.05, 0.1) is 22.6 Å². The normalized spacial score (nSPS) is 16.4. The molecule has 2 heterocycles. The van der Waals surface area contributed by atoms with Crippen LogP contribution in [0.2, 0.25) is 5.02 Å². The number of carboxylic acids is 1. The molecule has 2 aromatic rings. The number of benzene rings is 1. The molecule has 0 spiro atoms. The smallest absolute Gasteiger partial charge is 0.337 e. The molecule has 0 saturated carbocycles. The Kier molecular flexibility index (Phi) is 5.81. The van der Waals surface area contributed by atoms with Gasteiger partial charge in [-0.3, -0.25) is 14.5 Å². The highest BCUT2D eigenvalue weighted by Crippen LogP contribution is 2.35. The maximum Gasteiger partial charge on any atom is 0.337 e. The number of carboxylic acid groups (broad SMARTS) is 1. The van der Waals surface area contributed by atoms with Gasteiger partial charge in [0.2, 0.25) is 0 Å². The van der Waals surface area contributed by atoms with Crippen LogP contribution < -0.4 is 0 Å². The Balaban J connectivity index is 1.87. The number of hydrogen-bond donors (Lipinski definition) is 1. The van der Waals surface area contributed by atoms with E-state index in [9.17, 15) is 24.3 Å². The summed E-state index contributed by atoms with van der Waals surface area (Å²) >= 11 is 6.55.